The Bertz CT molecular complexity index is 749. The molecule has 0 radical (unpaired) electrons. The summed E-state index contributed by atoms with van der Waals surface area (Å²) < 4.78 is 0. The van der Waals surface area contributed by atoms with Gasteiger partial charge in [-0.3, -0.25) is 4.98 Å². The second-order valence-electron chi connectivity index (χ2n) is 5.39. The maximum absolute atomic E-state index is 4.34. The standard InChI is InChI=1S/C19H20N2/c1-3-21-19(18-10-14(2)12-20-13-18)17-9-8-15-6-4-5-7-16(15)11-17/h4-13,19,21H,3H2,1-2H3. The van der Waals surface area contributed by atoms with E-state index in [1.165, 1.54) is 27.5 Å². The zero-order valence-electron chi connectivity index (χ0n) is 12.5. The molecule has 21 heavy (non-hydrogen) atoms. The molecule has 1 atom stereocenters. The van der Waals surface area contributed by atoms with E-state index in [1.807, 2.05) is 12.4 Å². The minimum absolute atomic E-state index is 0.187. The fourth-order valence-corrected chi connectivity index (χ4v) is 2.76. The van der Waals surface area contributed by atoms with Crippen molar-refractivity contribution in [3.8, 4) is 0 Å². The zero-order chi connectivity index (χ0) is 14.7. The van der Waals surface area contributed by atoms with Crippen molar-refractivity contribution in [3.05, 3.63) is 77.6 Å². The number of rotatable bonds is 4. The smallest absolute Gasteiger partial charge is 0.0592 e. The summed E-state index contributed by atoms with van der Waals surface area (Å²) in [5.41, 5.74) is 3.69. The summed E-state index contributed by atoms with van der Waals surface area (Å²) in [6.45, 7) is 5.14. The fourth-order valence-electron chi connectivity index (χ4n) is 2.76. The van der Waals surface area contributed by atoms with E-state index in [4.69, 9.17) is 0 Å². The molecule has 0 saturated carbocycles. The van der Waals surface area contributed by atoms with Crippen LogP contribution >= 0.6 is 0 Å². The molecule has 0 bridgehead atoms. The van der Waals surface area contributed by atoms with Crippen molar-refractivity contribution in [1.82, 2.24) is 10.3 Å². The SMILES string of the molecule is CCNC(c1cncc(C)c1)c1ccc2ccccc2c1. The Morgan fingerprint density at radius 1 is 0.952 bits per heavy atom. The molecule has 1 unspecified atom stereocenters. The van der Waals surface area contributed by atoms with Gasteiger partial charge in [0.2, 0.25) is 0 Å². The fraction of sp³-hybridized carbons (Fsp3) is 0.211. The number of aromatic nitrogens is 1. The van der Waals surface area contributed by atoms with Gasteiger partial charge in [0.15, 0.2) is 0 Å². The molecule has 3 aromatic rings. The molecule has 0 aliphatic carbocycles. The van der Waals surface area contributed by atoms with Gasteiger partial charge >= 0.3 is 0 Å². The molecule has 0 fully saturated rings. The van der Waals surface area contributed by atoms with Crippen LogP contribution in [0.3, 0.4) is 0 Å². The van der Waals surface area contributed by atoms with E-state index in [1.54, 1.807) is 0 Å². The number of pyridine rings is 1. The third-order valence-corrected chi connectivity index (χ3v) is 3.74. The molecule has 2 aromatic carbocycles. The van der Waals surface area contributed by atoms with Gasteiger partial charge in [-0.25, -0.2) is 0 Å². The van der Waals surface area contributed by atoms with Crippen molar-refractivity contribution in [2.24, 2.45) is 0 Å². The minimum atomic E-state index is 0.187. The molecular formula is C19H20N2. The number of hydrogen-bond acceptors (Lipinski definition) is 2. The first kappa shape index (κ1) is 13.8. The van der Waals surface area contributed by atoms with Gasteiger partial charge in [0.05, 0.1) is 6.04 Å². The van der Waals surface area contributed by atoms with E-state index in [9.17, 15) is 0 Å². The Hall–Kier alpha value is -2.19. The molecule has 0 aliphatic heterocycles. The van der Waals surface area contributed by atoms with Crippen LogP contribution in [0, 0.1) is 6.92 Å². The van der Waals surface area contributed by atoms with Crippen LogP contribution in [0.25, 0.3) is 10.8 Å². The van der Waals surface area contributed by atoms with Crippen LogP contribution in [0.2, 0.25) is 0 Å². The summed E-state index contributed by atoms with van der Waals surface area (Å²) in [6, 6.07) is 17.5. The monoisotopic (exact) mass is 276 g/mol. The quantitative estimate of drug-likeness (QED) is 0.771. The van der Waals surface area contributed by atoms with Gasteiger partial charge in [0.1, 0.15) is 0 Å². The molecule has 0 amide bonds. The molecule has 3 rings (SSSR count). The van der Waals surface area contributed by atoms with Crippen LogP contribution in [0.4, 0.5) is 0 Å². The van der Waals surface area contributed by atoms with Crippen LogP contribution in [-0.2, 0) is 0 Å². The maximum atomic E-state index is 4.34. The largest absolute Gasteiger partial charge is 0.306 e. The van der Waals surface area contributed by atoms with Crippen LogP contribution in [-0.4, -0.2) is 11.5 Å². The molecule has 0 spiro atoms. The van der Waals surface area contributed by atoms with E-state index < -0.39 is 0 Å². The van der Waals surface area contributed by atoms with E-state index in [0.717, 1.165) is 6.54 Å². The molecule has 106 valence electrons. The first-order valence-corrected chi connectivity index (χ1v) is 7.41. The predicted octanol–water partition coefficient (Wildman–Crippen LogP) is 4.24. The van der Waals surface area contributed by atoms with Crippen LogP contribution in [0.1, 0.15) is 29.7 Å². The Balaban J connectivity index is 2.06. The molecule has 0 aliphatic rings. The highest BCUT2D eigenvalue weighted by atomic mass is 14.9. The second-order valence-corrected chi connectivity index (χ2v) is 5.39. The lowest BCUT2D eigenvalue weighted by molar-refractivity contribution is 0.629. The summed E-state index contributed by atoms with van der Waals surface area (Å²) >= 11 is 0. The maximum Gasteiger partial charge on any atom is 0.0592 e. The normalized spacial score (nSPS) is 12.5. The lowest BCUT2D eigenvalue weighted by Crippen LogP contribution is -2.22. The van der Waals surface area contributed by atoms with Crippen molar-refractivity contribution in [1.29, 1.82) is 0 Å². The highest BCUT2D eigenvalue weighted by molar-refractivity contribution is 5.83. The zero-order valence-corrected chi connectivity index (χ0v) is 12.5. The summed E-state index contributed by atoms with van der Waals surface area (Å²) in [4.78, 5) is 4.34. The van der Waals surface area contributed by atoms with Crippen molar-refractivity contribution >= 4 is 10.8 Å². The second kappa shape index (κ2) is 6.06. The lowest BCUT2D eigenvalue weighted by atomic mass is 9.96. The first-order valence-electron chi connectivity index (χ1n) is 7.41. The van der Waals surface area contributed by atoms with Crippen molar-refractivity contribution in [2.45, 2.75) is 19.9 Å². The Morgan fingerprint density at radius 3 is 2.52 bits per heavy atom. The average Bonchev–Trinajstić information content (AvgIpc) is 2.52. The third kappa shape index (κ3) is 2.96. The highest BCUT2D eigenvalue weighted by Gasteiger charge is 2.13. The highest BCUT2D eigenvalue weighted by Crippen LogP contribution is 2.25. The summed E-state index contributed by atoms with van der Waals surface area (Å²) in [6.07, 6.45) is 3.85. The molecular weight excluding hydrogens is 256 g/mol. The van der Waals surface area contributed by atoms with E-state index >= 15 is 0 Å². The minimum Gasteiger partial charge on any atom is -0.306 e. The van der Waals surface area contributed by atoms with Crippen molar-refractivity contribution in [2.75, 3.05) is 6.54 Å². The number of fused-ring (bicyclic) bond motifs is 1. The number of hydrogen-bond donors (Lipinski definition) is 1. The molecule has 1 N–H and O–H groups in total. The van der Waals surface area contributed by atoms with Gasteiger partial charge < -0.3 is 5.32 Å². The van der Waals surface area contributed by atoms with Gasteiger partial charge in [0.25, 0.3) is 0 Å². The van der Waals surface area contributed by atoms with Crippen LogP contribution in [0.5, 0.6) is 0 Å². The Kier molecular flexibility index (Phi) is 3.98. The van der Waals surface area contributed by atoms with Crippen molar-refractivity contribution < 1.29 is 0 Å². The van der Waals surface area contributed by atoms with Gasteiger partial charge in [0, 0.05) is 12.4 Å². The molecule has 2 heteroatoms. The Labute approximate surface area is 125 Å². The average molecular weight is 276 g/mol. The van der Waals surface area contributed by atoms with Gasteiger partial charge in [-0.2, -0.15) is 0 Å². The number of nitrogens with zero attached hydrogens (tertiary/aromatic N) is 1. The van der Waals surface area contributed by atoms with Gasteiger partial charge in [-0.15, -0.1) is 0 Å². The van der Waals surface area contributed by atoms with Crippen LogP contribution < -0.4 is 5.32 Å². The Morgan fingerprint density at radius 2 is 1.76 bits per heavy atom. The topological polar surface area (TPSA) is 24.9 Å². The first-order chi connectivity index (χ1) is 10.3. The van der Waals surface area contributed by atoms with Gasteiger partial charge in [-0.05, 0) is 47.0 Å². The number of aryl methyl sites for hydroxylation is 1. The van der Waals surface area contributed by atoms with Gasteiger partial charge in [-0.1, -0.05) is 49.4 Å². The predicted molar refractivity (Wildman–Crippen MR) is 88.4 cm³/mol. The van der Waals surface area contributed by atoms with E-state index in [0.29, 0.717) is 0 Å². The molecule has 1 aromatic heterocycles. The van der Waals surface area contributed by atoms with Crippen LogP contribution in [0.15, 0.2) is 60.9 Å². The lowest BCUT2D eigenvalue weighted by Gasteiger charge is -2.19. The summed E-state index contributed by atoms with van der Waals surface area (Å²) in [7, 11) is 0. The summed E-state index contributed by atoms with van der Waals surface area (Å²) in [5, 5.41) is 6.12. The number of nitrogens with one attached hydrogen (secondary N) is 1. The van der Waals surface area contributed by atoms with E-state index in [2.05, 4.69) is 72.7 Å². The molecule has 1 heterocycles. The third-order valence-electron chi connectivity index (χ3n) is 3.74. The number of benzene rings is 2. The van der Waals surface area contributed by atoms with Crippen molar-refractivity contribution in [3.63, 3.8) is 0 Å². The summed E-state index contributed by atoms with van der Waals surface area (Å²) in [5.74, 6) is 0. The van der Waals surface area contributed by atoms with E-state index in [-0.39, 0.29) is 6.04 Å². The molecule has 0 saturated heterocycles. The molecule has 2 nitrogen and oxygen atoms in total.